The number of para-hydroxylation sites is 1. The number of likely N-dealkylation sites (N-methyl/N-ethyl adjacent to an activating group) is 1. The molecule has 18 heavy (non-hydrogen) atoms. The maximum absolute atomic E-state index is 2.36. The number of quaternary nitrogens is 2. The summed E-state index contributed by atoms with van der Waals surface area (Å²) in [5, 5.41) is 0. The third-order valence-electron chi connectivity index (χ3n) is 4.58. The van der Waals surface area contributed by atoms with Gasteiger partial charge in [-0.3, -0.25) is 4.48 Å². The highest BCUT2D eigenvalue weighted by molar-refractivity contribution is 5.54. The number of hydrogen-bond acceptors (Lipinski definition) is 0. The highest BCUT2D eigenvalue weighted by Gasteiger charge is 2.43. The number of nitrogens with zero attached hydrogens (tertiary/aromatic N) is 2. The predicted octanol–water partition coefficient (Wildman–Crippen LogP) is -4.35. The van der Waals surface area contributed by atoms with Crippen LogP contribution in [0, 0.1) is 0 Å². The third-order valence-corrected chi connectivity index (χ3v) is 4.58. The Morgan fingerprint density at radius 3 is 2.11 bits per heavy atom. The Kier molecular flexibility index (Phi) is 5.04. The first kappa shape index (κ1) is 16.2. The molecule has 2 nitrogen and oxygen atoms in total. The summed E-state index contributed by atoms with van der Waals surface area (Å²) in [6.07, 6.45) is 1.28. The van der Waals surface area contributed by atoms with Crippen molar-refractivity contribution in [2.75, 3.05) is 46.8 Å². The van der Waals surface area contributed by atoms with E-state index in [0.29, 0.717) is 0 Å². The van der Waals surface area contributed by atoms with Crippen LogP contribution in [0.25, 0.3) is 0 Å². The molecule has 1 spiro atoms. The number of fused-ring (bicyclic) bond motifs is 2. The SMILES string of the molecule is C[N+]1(C)CC[N+]2(CCc3ccccc32)CC1.[Br-].[Br-]. The lowest BCUT2D eigenvalue weighted by Gasteiger charge is -2.44. The Morgan fingerprint density at radius 1 is 0.833 bits per heavy atom. The molecular formula is C14H22Br2N2. The van der Waals surface area contributed by atoms with E-state index in [2.05, 4.69) is 38.4 Å². The van der Waals surface area contributed by atoms with Gasteiger partial charge in [-0.15, -0.1) is 0 Å². The van der Waals surface area contributed by atoms with E-state index in [0.717, 1.165) is 0 Å². The average Bonchev–Trinajstić information content (AvgIpc) is 2.64. The average molecular weight is 378 g/mol. The molecule has 0 bridgehead atoms. The fourth-order valence-electron chi connectivity index (χ4n) is 3.25. The largest absolute Gasteiger partial charge is 1.00 e. The van der Waals surface area contributed by atoms with Gasteiger partial charge in [-0.2, -0.15) is 0 Å². The van der Waals surface area contributed by atoms with Gasteiger partial charge >= 0.3 is 0 Å². The minimum atomic E-state index is 0. The molecule has 2 aliphatic rings. The minimum Gasteiger partial charge on any atom is -1.00 e. The Labute approximate surface area is 131 Å². The van der Waals surface area contributed by atoms with Crippen molar-refractivity contribution < 1.29 is 38.4 Å². The molecule has 1 saturated heterocycles. The zero-order valence-electron chi connectivity index (χ0n) is 11.2. The third kappa shape index (κ3) is 2.67. The number of rotatable bonds is 0. The van der Waals surface area contributed by atoms with Gasteiger partial charge in [-0.25, -0.2) is 0 Å². The van der Waals surface area contributed by atoms with Crippen molar-refractivity contribution in [1.29, 1.82) is 0 Å². The fraction of sp³-hybridized carbons (Fsp3) is 0.571. The molecule has 0 aliphatic carbocycles. The van der Waals surface area contributed by atoms with Crippen molar-refractivity contribution in [3.63, 3.8) is 0 Å². The van der Waals surface area contributed by atoms with Crippen LogP contribution >= 0.6 is 0 Å². The molecule has 1 aromatic carbocycles. The van der Waals surface area contributed by atoms with Crippen molar-refractivity contribution in [2.45, 2.75) is 6.42 Å². The van der Waals surface area contributed by atoms with Crippen LogP contribution in [0.5, 0.6) is 0 Å². The lowest BCUT2D eigenvalue weighted by Crippen LogP contribution is -3.00. The smallest absolute Gasteiger partial charge is 0.136 e. The van der Waals surface area contributed by atoms with Crippen LogP contribution in [0.4, 0.5) is 5.69 Å². The highest BCUT2D eigenvalue weighted by atomic mass is 79.9. The van der Waals surface area contributed by atoms with Crippen molar-refractivity contribution >= 4 is 5.69 Å². The van der Waals surface area contributed by atoms with Gasteiger partial charge in [0, 0.05) is 12.0 Å². The van der Waals surface area contributed by atoms with E-state index in [4.69, 9.17) is 0 Å². The van der Waals surface area contributed by atoms with Gasteiger partial charge in [-0.05, 0) is 6.07 Å². The molecule has 1 aromatic rings. The first-order valence-electron chi connectivity index (χ1n) is 6.38. The van der Waals surface area contributed by atoms with Crippen LogP contribution in [0.2, 0.25) is 0 Å². The van der Waals surface area contributed by atoms with E-state index in [1.54, 1.807) is 11.3 Å². The molecule has 3 rings (SSSR count). The van der Waals surface area contributed by atoms with E-state index in [1.165, 1.54) is 48.1 Å². The van der Waals surface area contributed by atoms with E-state index in [1.807, 2.05) is 0 Å². The van der Waals surface area contributed by atoms with E-state index in [9.17, 15) is 0 Å². The summed E-state index contributed by atoms with van der Waals surface area (Å²) in [5.41, 5.74) is 3.21. The normalized spacial score (nSPS) is 22.8. The first-order chi connectivity index (χ1) is 7.61. The molecule has 4 heteroatoms. The molecule has 0 N–H and O–H groups in total. The van der Waals surface area contributed by atoms with Gasteiger partial charge in [0.05, 0.1) is 20.6 Å². The summed E-state index contributed by atoms with van der Waals surface area (Å²) in [5.74, 6) is 0. The van der Waals surface area contributed by atoms with Gasteiger partial charge in [0.25, 0.3) is 0 Å². The van der Waals surface area contributed by atoms with Crippen LogP contribution in [0.15, 0.2) is 24.3 Å². The lowest BCUT2D eigenvalue weighted by molar-refractivity contribution is -0.894. The molecule has 0 atom stereocenters. The van der Waals surface area contributed by atoms with Crippen LogP contribution in [0.1, 0.15) is 5.56 Å². The minimum absolute atomic E-state index is 0. The van der Waals surface area contributed by atoms with E-state index >= 15 is 0 Å². The van der Waals surface area contributed by atoms with Crippen molar-refractivity contribution in [3.05, 3.63) is 29.8 Å². The summed E-state index contributed by atoms with van der Waals surface area (Å²) in [4.78, 5) is 0. The van der Waals surface area contributed by atoms with Crippen LogP contribution in [-0.2, 0) is 6.42 Å². The molecule has 0 saturated carbocycles. The predicted molar refractivity (Wildman–Crippen MR) is 68.4 cm³/mol. The van der Waals surface area contributed by atoms with Gasteiger partial charge in [0.1, 0.15) is 31.9 Å². The molecule has 0 unspecified atom stereocenters. The second-order valence-corrected chi connectivity index (χ2v) is 6.08. The van der Waals surface area contributed by atoms with Crippen molar-refractivity contribution in [2.24, 2.45) is 0 Å². The molecule has 0 radical (unpaired) electrons. The first-order valence-corrected chi connectivity index (χ1v) is 6.38. The maximum Gasteiger partial charge on any atom is 0.136 e. The zero-order valence-corrected chi connectivity index (χ0v) is 14.4. The summed E-state index contributed by atoms with van der Waals surface area (Å²) < 4.78 is 2.46. The van der Waals surface area contributed by atoms with Gasteiger partial charge in [0.2, 0.25) is 0 Å². The lowest BCUT2D eigenvalue weighted by atomic mass is 10.1. The molecule has 1 fully saturated rings. The zero-order chi connectivity index (χ0) is 11.2. The van der Waals surface area contributed by atoms with Crippen LogP contribution in [-0.4, -0.2) is 51.3 Å². The number of halogens is 2. The van der Waals surface area contributed by atoms with E-state index in [-0.39, 0.29) is 34.0 Å². The van der Waals surface area contributed by atoms with Crippen molar-refractivity contribution in [1.82, 2.24) is 4.48 Å². The Balaban J connectivity index is 0.000000810. The maximum atomic E-state index is 2.36. The van der Waals surface area contributed by atoms with Crippen molar-refractivity contribution in [3.8, 4) is 0 Å². The molecule has 0 aromatic heterocycles. The summed E-state index contributed by atoms with van der Waals surface area (Å²) in [6, 6.07) is 9.06. The number of hydrogen-bond donors (Lipinski definition) is 0. The fourth-order valence-corrected chi connectivity index (χ4v) is 3.25. The Bertz CT molecular complexity index is 408. The van der Waals surface area contributed by atoms with Gasteiger partial charge < -0.3 is 38.4 Å². The summed E-state index contributed by atoms with van der Waals surface area (Å²) in [7, 11) is 4.72. The summed E-state index contributed by atoms with van der Waals surface area (Å²) in [6.45, 7) is 6.61. The number of benzene rings is 1. The molecule has 2 aliphatic heterocycles. The topological polar surface area (TPSA) is 0 Å². The quantitative estimate of drug-likeness (QED) is 0.401. The number of piperazine rings is 1. The van der Waals surface area contributed by atoms with Gasteiger partial charge in [0.15, 0.2) is 0 Å². The second-order valence-electron chi connectivity index (χ2n) is 6.08. The highest BCUT2D eigenvalue weighted by Crippen LogP contribution is 2.36. The molecule has 102 valence electrons. The molecule has 2 heterocycles. The monoisotopic (exact) mass is 376 g/mol. The van der Waals surface area contributed by atoms with Crippen LogP contribution in [0.3, 0.4) is 0 Å². The van der Waals surface area contributed by atoms with Gasteiger partial charge in [-0.1, -0.05) is 18.2 Å². The Hall–Kier alpha value is 0.1000. The van der Waals surface area contributed by atoms with E-state index < -0.39 is 0 Å². The second kappa shape index (κ2) is 5.61. The molecule has 0 amide bonds. The Morgan fingerprint density at radius 2 is 1.44 bits per heavy atom. The standard InChI is InChI=1S/C14H22N2.2BrH/c1-15(2)9-11-16(12-10-15)8-7-13-5-3-4-6-14(13)16;;/h3-6H,7-12H2,1-2H3;2*1H/q+2;;/p-2. The van der Waals surface area contributed by atoms with Crippen LogP contribution < -0.4 is 38.4 Å². The molecular weight excluding hydrogens is 356 g/mol. The summed E-state index contributed by atoms with van der Waals surface area (Å²) >= 11 is 0.